The molecule has 0 spiro atoms. The molecule has 0 heterocycles. The molecule has 0 saturated carbocycles. The van der Waals surface area contributed by atoms with Crippen LogP contribution in [-0.4, -0.2) is 50.5 Å². The molecule has 1 nitrogen and oxygen atoms in total. The van der Waals surface area contributed by atoms with Gasteiger partial charge in [-0.25, -0.2) is 0 Å². The Labute approximate surface area is 54.9 Å². The minimum atomic E-state index is 0. The van der Waals surface area contributed by atoms with E-state index in [-0.39, 0.29) is 40.4 Å². The van der Waals surface area contributed by atoms with E-state index in [2.05, 4.69) is 0 Å². The monoisotopic (exact) mass is 94.9 g/mol. The predicted octanol–water partition coefficient (Wildman–Crippen LogP) is -1.26. The van der Waals surface area contributed by atoms with Gasteiger partial charge in [-0.2, -0.15) is 0 Å². The minimum absolute atomic E-state index is 0. The molecule has 0 aliphatic carbocycles. The number of hydrogen-bond donors (Lipinski definition) is 0. The topological polar surface area (TPSA) is 17.1 Å². The summed E-state index contributed by atoms with van der Waals surface area (Å²) in [6, 6.07) is 0. The molecule has 0 fully saturated rings. The van der Waals surface area contributed by atoms with Crippen LogP contribution >= 0.6 is 0 Å². The van der Waals surface area contributed by atoms with E-state index in [9.17, 15) is 0 Å². The van der Waals surface area contributed by atoms with Gasteiger partial charge >= 0.3 is 10.1 Å². The summed E-state index contributed by atoms with van der Waals surface area (Å²) in [6.45, 7) is 0. The molecule has 4 heteroatoms. The Morgan fingerprint density at radius 1 is 1.25 bits per heavy atom. The van der Waals surface area contributed by atoms with Crippen LogP contribution in [0.5, 0.6) is 0 Å². The van der Waals surface area contributed by atoms with Gasteiger partial charge in [0.25, 0.3) is 0 Å². The second-order valence-electron chi connectivity index (χ2n) is 0. The molecule has 0 saturated heterocycles. The van der Waals surface area contributed by atoms with Crippen LogP contribution in [0.1, 0.15) is 0 Å². The zero-order valence-corrected chi connectivity index (χ0v) is 5.76. The molecule has 0 unspecified atom stereocenters. The van der Waals surface area contributed by atoms with E-state index < -0.39 is 0 Å². The average molecular weight is 95.4 g/mol. The maximum atomic E-state index is 8.06. The Hall–Kier alpha value is 1.32. The highest BCUT2D eigenvalue weighted by Gasteiger charge is 0.803. The quantitative estimate of drug-likeness (QED) is 0.343. The summed E-state index contributed by atoms with van der Waals surface area (Å²) < 4.78 is 8.06. The van der Waals surface area contributed by atoms with Gasteiger partial charge in [0.15, 0.2) is 0 Å². The first-order valence-electron chi connectivity index (χ1n) is 0.204. The molecule has 0 aromatic rings. The maximum Gasteiger partial charge on any atom is 0.381 e. The van der Waals surface area contributed by atoms with Gasteiger partial charge < -0.3 is 4.46 Å². The van der Waals surface area contributed by atoms with Crippen LogP contribution in [0.3, 0.4) is 0 Å². The van der Waals surface area contributed by atoms with Gasteiger partial charge in [0, 0.05) is 40.4 Å². The molecule has 0 rings (SSSR count). The summed E-state index contributed by atoms with van der Waals surface area (Å²) in [5, 5.41) is 0. The van der Waals surface area contributed by atoms with Crippen LogP contribution in [0.2, 0.25) is 0 Å². The number of hydrogen-bond acceptors (Lipinski definition) is 1. The summed E-state index contributed by atoms with van der Waals surface area (Å²) >= 11 is 0. The van der Waals surface area contributed by atoms with Crippen molar-refractivity contribution in [1.29, 1.82) is 0 Å². The van der Waals surface area contributed by atoms with Gasteiger partial charge in [0.05, 0.1) is 0 Å². The largest absolute Gasteiger partial charge is 0.381 e. The van der Waals surface area contributed by atoms with Gasteiger partial charge in [-0.3, -0.25) is 0 Å². The number of rotatable bonds is 0. The summed E-state index contributed by atoms with van der Waals surface area (Å²) in [5.41, 5.74) is 0. The average Bonchev–Trinajstić information content (AvgIpc) is 1.00. The molecule has 0 bridgehead atoms. The second kappa shape index (κ2) is 27.4. The summed E-state index contributed by atoms with van der Waals surface area (Å²) in [7, 11) is 1.72. The van der Waals surface area contributed by atoms with Crippen molar-refractivity contribution >= 4 is 50.5 Å². The van der Waals surface area contributed by atoms with Crippen molar-refractivity contribution in [3.63, 3.8) is 0 Å². The van der Waals surface area contributed by atoms with Crippen LogP contribution in [0, 0.1) is 0 Å². The molecule has 4 heavy (non-hydrogen) atoms. The van der Waals surface area contributed by atoms with Crippen molar-refractivity contribution < 1.29 is 4.46 Å². The van der Waals surface area contributed by atoms with Gasteiger partial charge in [0.2, 0.25) is 0 Å². The fraction of sp³-hybridized carbons (Fsp3) is 0. The Morgan fingerprint density at radius 2 is 1.25 bits per heavy atom. The van der Waals surface area contributed by atoms with Gasteiger partial charge in [-0.05, 0) is 0 Å². The van der Waals surface area contributed by atoms with E-state index in [1.807, 2.05) is 0 Å². The predicted molar refractivity (Wildman–Crippen MR) is 17.9 cm³/mol. The van der Waals surface area contributed by atoms with Crippen LogP contribution in [0.25, 0.3) is 0 Å². The lowest BCUT2D eigenvalue weighted by Gasteiger charge is -0.803. The normalized spacial score (nSPS) is 1.00. The first-order chi connectivity index (χ1) is 1.00. The summed E-state index contributed by atoms with van der Waals surface area (Å²) in [4.78, 5) is 0. The molecule has 0 amide bonds. The third kappa shape index (κ3) is 10.3. The molecule has 0 aliphatic heterocycles. The lowest BCUT2D eigenvalue weighted by molar-refractivity contribution is 0.590. The maximum absolute atomic E-state index is 8.06. The van der Waals surface area contributed by atoms with Crippen molar-refractivity contribution in [2.24, 2.45) is 0 Å². The third-order valence-electron chi connectivity index (χ3n) is 0. The van der Waals surface area contributed by atoms with Crippen molar-refractivity contribution in [2.75, 3.05) is 0 Å². The molecule has 0 N–H and O–H groups in total. The Morgan fingerprint density at radius 3 is 1.25 bits per heavy atom. The highest BCUT2D eigenvalue weighted by atomic mass is 28.1. The zero-order valence-electron chi connectivity index (χ0n) is 2.19. The lowest BCUT2D eigenvalue weighted by Crippen LogP contribution is -0.969. The molecular formula is AlMgOSi. The van der Waals surface area contributed by atoms with Crippen LogP contribution in [0.15, 0.2) is 0 Å². The summed E-state index contributed by atoms with van der Waals surface area (Å²) in [5.74, 6) is 0. The van der Waals surface area contributed by atoms with Crippen LogP contribution in [-0.2, 0) is 4.46 Å². The first-order valence-corrected chi connectivity index (χ1v) is 0.612. The molecule has 0 aromatic carbocycles. The van der Waals surface area contributed by atoms with Crippen LogP contribution < -0.4 is 0 Å². The molecular weight excluding hydrogens is 95.4 g/mol. The van der Waals surface area contributed by atoms with Crippen molar-refractivity contribution in [3.8, 4) is 0 Å². The fourth-order valence-corrected chi connectivity index (χ4v) is 0. The molecule has 0 aliphatic rings. The standard InChI is InChI=1S/Al.Mg.OSi/c;;1-2. The smallest absolute Gasteiger partial charge is 0.381 e. The lowest BCUT2D eigenvalue weighted by atomic mass is 16.0. The van der Waals surface area contributed by atoms with E-state index in [0.29, 0.717) is 0 Å². The van der Waals surface area contributed by atoms with Gasteiger partial charge in [-0.1, -0.05) is 0 Å². The molecule has 0 atom stereocenters. The zero-order chi connectivity index (χ0) is 2.00. The van der Waals surface area contributed by atoms with Crippen LogP contribution in [0.4, 0.5) is 0 Å². The van der Waals surface area contributed by atoms with Crippen molar-refractivity contribution in [2.45, 2.75) is 0 Å². The van der Waals surface area contributed by atoms with Crippen molar-refractivity contribution in [3.05, 3.63) is 0 Å². The van der Waals surface area contributed by atoms with E-state index in [1.165, 1.54) is 0 Å². The Bertz CT molecular complexity index is 8.00. The van der Waals surface area contributed by atoms with Gasteiger partial charge in [0.1, 0.15) is 0 Å². The van der Waals surface area contributed by atoms with Crippen molar-refractivity contribution in [1.82, 2.24) is 0 Å². The second-order valence-corrected chi connectivity index (χ2v) is 0. The summed E-state index contributed by atoms with van der Waals surface area (Å²) in [6.07, 6.45) is 0. The van der Waals surface area contributed by atoms with E-state index >= 15 is 0 Å². The van der Waals surface area contributed by atoms with E-state index in [0.717, 1.165) is 0 Å². The Balaban J connectivity index is -0.00000000500. The minimum Gasteiger partial charge on any atom is -0.381 e. The SMILES string of the molecule is O=[Si].[Al].[Mg]. The molecule has 15 valence electrons. The highest BCUT2D eigenvalue weighted by Crippen LogP contribution is 0.469. The molecule has 0 aromatic heterocycles. The molecule has 7 radical (unpaired) electrons. The Kier molecular flexibility index (Phi) is 127. The van der Waals surface area contributed by atoms with Gasteiger partial charge in [-0.15, -0.1) is 0 Å². The van der Waals surface area contributed by atoms with E-state index in [4.69, 9.17) is 4.46 Å². The first kappa shape index (κ1) is 18.5. The van der Waals surface area contributed by atoms with E-state index in [1.54, 1.807) is 10.1 Å². The highest BCUT2D eigenvalue weighted by molar-refractivity contribution is 5.85. The fourth-order valence-electron chi connectivity index (χ4n) is 0. The third-order valence-corrected chi connectivity index (χ3v) is 0.